The molecule has 0 saturated carbocycles. The third-order valence-corrected chi connectivity index (χ3v) is 4.90. The van der Waals surface area contributed by atoms with Gasteiger partial charge >= 0.3 is 6.18 Å². The zero-order valence-corrected chi connectivity index (χ0v) is 15.9. The van der Waals surface area contributed by atoms with Gasteiger partial charge in [-0.15, -0.1) is 0 Å². The summed E-state index contributed by atoms with van der Waals surface area (Å²) in [6.45, 7) is 1.69. The van der Waals surface area contributed by atoms with E-state index in [9.17, 15) is 32.9 Å². The number of benzene rings is 2. The number of amides is 2. The second-order valence-electron chi connectivity index (χ2n) is 7.12. The molecule has 1 aliphatic rings. The minimum absolute atomic E-state index is 0.0393. The van der Waals surface area contributed by atoms with Gasteiger partial charge in [0.25, 0.3) is 5.69 Å². The molecule has 7 nitrogen and oxygen atoms in total. The second-order valence-corrected chi connectivity index (χ2v) is 7.12. The highest BCUT2D eigenvalue weighted by Crippen LogP contribution is 2.30. The van der Waals surface area contributed by atoms with Crippen molar-refractivity contribution in [2.75, 3.05) is 11.9 Å². The van der Waals surface area contributed by atoms with Gasteiger partial charge in [0.05, 0.1) is 22.1 Å². The van der Waals surface area contributed by atoms with E-state index < -0.39 is 28.5 Å². The summed E-state index contributed by atoms with van der Waals surface area (Å²) in [5.41, 5.74) is 0.234. The van der Waals surface area contributed by atoms with Crippen molar-refractivity contribution in [2.45, 2.75) is 26.1 Å². The van der Waals surface area contributed by atoms with E-state index in [0.717, 1.165) is 12.1 Å². The van der Waals surface area contributed by atoms with Gasteiger partial charge in [0.1, 0.15) is 0 Å². The van der Waals surface area contributed by atoms with E-state index in [2.05, 4.69) is 5.32 Å². The highest BCUT2D eigenvalue weighted by atomic mass is 19.4. The number of rotatable bonds is 5. The molecule has 1 heterocycles. The van der Waals surface area contributed by atoms with Crippen LogP contribution in [-0.4, -0.2) is 28.2 Å². The van der Waals surface area contributed by atoms with Gasteiger partial charge in [-0.2, -0.15) is 13.2 Å². The molecule has 30 heavy (non-hydrogen) atoms. The molecule has 1 N–H and O–H groups in total. The van der Waals surface area contributed by atoms with Gasteiger partial charge in [0.15, 0.2) is 0 Å². The molecule has 10 heteroatoms. The number of hydrogen-bond donors (Lipinski definition) is 1. The van der Waals surface area contributed by atoms with Crippen LogP contribution in [0.15, 0.2) is 42.5 Å². The lowest BCUT2D eigenvalue weighted by Gasteiger charge is -2.18. The van der Waals surface area contributed by atoms with Crippen LogP contribution in [0.2, 0.25) is 0 Å². The van der Waals surface area contributed by atoms with Gasteiger partial charge < -0.3 is 10.2 Å². The summed E-state index contributed by atoms with van der Waals surface area (Å²) in [5, 5.41) is 13.5. The molecule has 0 aliphatic carbocycles. The number of halogens is 3. The summed E-state index contributed by atoms with van der Waals surface area (Å²) in [6, 6.07) is 8.76. The van der Waals surface area contributed by atoms with Crippen molar-refractivity contribution in [3.63, 3.8) is 0 Å². The van der Waals surface area contributed by atoms with Gasteiger partial charge in [0, 0.05) is 31.6 Å². The minimum atomic E-state index is -4.48. The molecule has 1 fully saturated rings. The van der Waals surface area contributed by atoms with Crippen LogP contribution in [0.1, 0.15) is 23.1 Å². The Labute approximate surface area is 169 Å². The fraction of sp³-hybridized carbons (Fsp3) is 0.300. The van der Waals surface area contributed by atoms with Crippen LogP contribution in [0.3, 0.4) is 0 Å². The lowest BCUT2D eigenvalue weighted by molar-refractivity contribution is -0.384. The number of alkyl halides is 3. The van der Waals surface area contributed by atoms with E-state index in [4.69, 9.17) is 0 Å². The second kappa shape index (κ2) is 8.13. The molecule has 1 aliphatic heterocycles. The van der Waals surface area contributed by atoms with Crippen molar-refractivity contribution in [3.05, 3.63) is 69.3 Å². The monoisotopic (exact) mass is 421 g/mol. The molecule has 1 unspecified atom stereocenters. The smallest absolute Gasteiger partial charge is 0.338 e. The number of aryl methyl sites for hydroxylation is 1. The largest absolute Gasteiger partial charge is 0.416 e. The van der Waals surface area contributed by atoms with Crippen LogP contribution < -0.4 is 5.32 Å². The number of nitro benzene ring substituents is 1. The molecule has 2 aromatic carbocycles. The summed E-state index contributed by atoms with van der Waals surface area (Å²) < 4.78 is 38.6. The topological polar surface area (TPSA) is 92.5 Å². The van der Waals surface area contributed by atoms with Crippen molar-refractivity contribution in [1.82, 2.24) is 4.90 Å². The number of anilines is 1. The van der Waals surface area contributed by atoms with E-state index in [1.165, 1.54) is 35.2 Å². The van der Waals surface area contributed by atoms with Crippen molar-refractivity contribution in [1.29, 1.82) is 0 Å². The summed E-state index contributed by atoms with van der Waals surface area (Å²) in [7, 11) is 0. The number of non-ortho nitro benzene ring substituents is 1. The summed E-state index contributed by atoms with van der Waals surface area (Å²) in [5.74, 6) is -1.52. The standard InChI is InChI=1S/C20H18F3N3O4/c1-12-5-6-16(26(29)30)9-17(12)24-19(28)14-8-18(27)25(11-14)10-13-3-2-4-15(7-13)20(21,22)23/h2-7,9,14H,8,10-11H2,1H3,(H,24,28). The SMILES string of the molecule is Cc1ccc([N+](=O)[O-])cc1NC(=O)C1CC(=O)N(Cc2cccc(C(F)(F)F)c2)C1. The Balaban J connectivity index is 1.68. The first kappa shape index (κ1) is 21.3. The van der Waals surface area contributed by atoms with E-state index in [0.29, 0.717) is 11.1 Å². The van der Waals surface area contributed by atoms with Crippen LogP contribution in [-0.2, 0) is 22.3 Å². The molecule has 1 saturated heterocycles. The lowest BCUT2D eigenvalue weighted by atomic mass is 10.1. The Morgan fingerprint density at radius 1 is 1.27 bits per heavy atom. The van der Waals surface area contributed by atoms with Crippen molar-refractivity contribution < 1.29 is 27.7 Å². The Hall–Kier alpha value is -3.43. The molecule has 158 valence electrons. The number of carbonyl (C=O) groups is 2. The van der Waals surface area contributed by atoms with Crippen molar-refractivity contribution >= 4 is 23.2 Å². The first-order chi connectivity index (χ1) is 14.0. The van der Waals surface area contributed by atoms with Gasteiger partial charge in [0.2, 0.25) is 11.8 Å². The van der Waals surface area contributed by atoms with E-state index in [1.54, 1.807) is 6.92 Å². The molecule has 1 atom stereocenters. The normalized spacial score (nSPS) is 16.6. The number of nitrogens with zero attached hydrogens (tertiary/aromatic N) is 2. The Kier molecular flexibility index (Phi) is 5.77. The first-order valence-electron chi connectivity index (χ1n) is 9.04. The summed E-state index contributed by atoms with van der Waals surface area (Å²) >= 11 is 0. The molecule has 3 rings (SSSR count). The zero-order chi connectivity index (χ0) is 22.1. The first-order valence-corrected chi connectivity index (χ1v) is 9.04. The van der Waals surface area contributed by atoms with Gasteiger partial charge in [-0.05, 0) is 30.2 Å². The fourth-order valence-corrected chi connectivity index (χ4v) is 3.26. The van der Waals surface area contributed by atoms with Crippen molar-refractivity contribution in [2.24, 2.45) is 5.92 Å². The number of nitro groups is 1. The highest BCUT2D eigenvalue weighted by Gasteiger charge is 2.35. The van der Waals surface area contributed by atoms with Crippen LogP contribution in [0.5, 0.6) is 0 Å². The van der Waals surface area contributed by atoms with Crippen LogP contribution in [0.25, 0.3) is 0 Å². The molecule has 0 bridgehead atoms. The van der Waals surface area contributed by atoms with Gasteiger partial charge in [-0.1, -0.05) is 18.2 Å². The third kappa shape index (κ3) is 4.76. The molecule has 0 radical (unpaired) electrons. The van der Waals surface area contributed by atoms with Crippen molar-refractivity contribution in [3.8, 4) is 0 Å². The maximum Gasteiger partial charge on any atom is 0.416 e. The summed E-state index contributed by atoms with van der Waals surface area (Å²) in [4.78, 5) is 36.5. The maximum absolute atomic E-state index is 12.9. The predicted molar refractivity (Wildman–Crippen MR) is 101 cm³/mol. The highest BCUT2D eigenvalue weighted by molar-refractivity contribution is 5.97. The van der Waals surface area contributed by atoms with E-state index in [1.807, 2.05) is 0 Å². The Morgan fingerprint density at radius 2 is 2.00 bits per heavy atom. The van der Waals surface area contributed by atoms with Crippen LogP contribution in [0.4, 0.5) is 24.5 Å². The number of nitrogens with one attached hydrogen (secondary N) is 1. The molecule has 0 aromatic heterocycles. The van der Waals surface area contributed by atoms with Crippen LogP contribution in [0, 0.1) is 23.0 Å². The molecule has 2 aromatic rings. The number of hydrogen-bond acceptors (Lipinski definition) is 4. The van der Waals surface area contributed by atoms with Gasteiger partial charge in [-0.25, -0.2) is 0 Å². The number of likely N-dealkylation sites (tertiary alicyclic amines) is 1. The average molecular weight is 421 g/mol. The predicted octanol–water partition coefficient (Wildman–Crippen LogP) is 3.91. The zero-order valence-electron chi connectivity index (χ0n) is 15.9. The molecular weight excluding hydrogens is 403 g/mol. The molecular formula is C20H18F3N3O4. The summed E-state index contributed by atoms with van der Waals surface area (Å²) in [6.07, 6.45) is -4.57. The minimum Gasteiger partial charge on any atom is -0.338 e. The number of carbonyl (C=O) groups excluding carboxylic acids is 2. The molecule has 2 amide bonds. The quantitative estimate of drug-likeness (QED) is 0.585. The average Bonchev–Trinajstić information content (AvgIpc) is 3.03. The Bertz CT molecular complexity index is 1010. The Morgan fingerprint density at radius 3 is 2.67 bits per heavy atom. The molecule has 0 spiro atoms. The maximum atomic E-state index is 12.9. The van der Waals surface area contributed by atoms with Crippen LogP contribution >= 0.6 is 0 Å². The third-order valence-electron chi connectivity index (χ3n) is 4.90. The van der Waals surface area contributed by atoms with E-state index in [-0.39, 0.29) is 36.8 Å². The lowest BCUT2D eigenvalue weighted by Crippen LogP contribution is -2.28. The van der Waals surface area contributed by atoms with E-state index >= 15 is 0 Å². The fourth-order valence-electron chi connectivity index (χ4n) is 3.26. The van der Waals surface area contributed by atoms with Gasteiger partial charge in [-0.3, -0.25) is 19.7 Å².